The van der Waals surface area contributed by atoms with E-state index in [2.05, 4.69) is 20.2 Å². The summed E-state index contributed by atoms with van der Waals surface area (Å²) in [7, 11) is 0. The first-order valence-electron chi connectivity index (χ1n) is 12.2. The van der Waals surface area contributed by atoms with E-state index in [1.165, 1.54) is 0 Å². The van der Waals surface area contributed by atoms with Gasteiger partial charge in [0.15, 0.2) is 0 Å². The zero-order chi connectivity index (χ0) is 25.3. The predicted octanol–water partition coefficient (Wildman–Crippen LogP) is 2.39. The molecular formula is C24H39N5O6. The lowest BCUT2D eigenvalue weighted by atomic mass is 9.91. The number of likely N-dealkylation sites (tertiary alicyclic amines) is 1. The summed E-state index contributed by atoms with van der Waals surface area (Å²) in [6.07, 6.45) is 1.72. The molecule has 0 spiro atoms. The van der Waals surface area contributed by atoms with Gasteiger partial charge in [-0.3, -0.25) is 9.69 Å². The maximum Gasteiger partial charge on any atom is 0.220 e. The highest BCUT2D eigenvalue weighted by Crippen LogP contribution is 2.27. The van der Waals surface area contributed by atoms with Crippen LogP contribution in [0.2, 0.25) is 0 Å². The first kappa shape index (κ1) is 28.8. The Hall–Kier alpha value is -2.40. The minimum atomic E-state index is -0.621. The Kier molecular flexibility index (Phi) is 14.1. The highest BCUT2D eigenvalue weighted by atomic mass is 16.5. The van der Waals surface area contributed by atoms with Crippen molar-refractivity contribution in [2.75, 3.05) is 65.8 Å². The second-order valence-corrected chi connectivity index (χ2v) is 8.60. The molecular weight excluding hydrogens is 454 g/mol. The molecule has 0 unspecified atom stereocenters. The number of ether oxygens (including phenoxy) is 3. The average Bonchev–Trinajstić information content (AvgIpc) is 2.87. The van der Waals surface area contributed by atoms with Crippen molar-refractivity contribution in [3.8, 4) is 5.75 Å². The molecule has 1 aromatic rings. The van der Waals surface area contributed by atoms with E-state index in [0.29, 0.717) is 65.1 Å². The number of amides is 1. The van der Waals surface area contributed by atoms with Crippen LogP contribution in [-0.4, -0.2) is 92.9 Å². The van der Waals surface area contributed by atoms with E-state index in [1.807, 2.05) is 6.92 Å². The molecule has 0 bridgehead atoms. The van der Waals surface area contributed by atoms with Crippen molar-refractivity contribution in [2.24, 2.45) is 11.0 Å². The molecule has 1 amide bonds. The van der Waals surface area contributed by atoms with E-state index in [4.69, 9.17) is 19.7 Å². The highest BCUT2D eigenvalue weighted by molar-refractivity contribution is 5.76. The van der Waals surface area contributed by atoms with E-state index in [0.717, 1.165) is 31.5 Å². The largest absolute Gasteiger partial charge is 0.508 e. The van der Waals surface area contributed by atoms with Crippen LogP contribution in [0.15, 0.2) is 29.4 Å². The Labute approximate surface area is 207 Å². The number of aliphatic hydroxyl groups excluding tert-OH is 1. The molecule has 0 radical (unpaired) electrons. The van der Waals surface area contributed by atoms with Crippen LogP contribution in [-0.2, 0) is 19.0 Å². The number of piperidine rings is 1. The molecule has 1 saturated heterocycles. The standard InChI is InChI=1S/C24H39N5O6/c1-19(24(32)21-2-4-22(30)5-3-21)29-10-6-20(7-11-29)18-23(31)26-8-12-33-14-16-35-17-15-34-13-9-27-28-25/h2-5,19-20,24,30,32H,6-18H2,1H3,(H,26,31)/t19-,24-/m0/s1. The summed E-state index contributed by atoms with van der Waals surface area (Å²) in [5, 5.41) is 26.4. The second kappa shape index (κ2) is 17.1. The van der Waals surface area contributed by atoms with Crippen molar-refractivity contribution in [3.63, 3.8) is 0 Å². The number of hydrogen-bond acceptors (Lipinski definition) is 8. The number of carbonyl (C=O) groups is 1. The third kappa shape index (κ3) is 11.7. The number of aliphatic hydroxyl groups is 1. The molecule has 2 atom stereocenters. The molecule has 0 saturated carbocycles. The van der Waals surface area contributed by atoms with Crippen molar-refractivity contribution in [3.05, 3.63) is 40.3 Å². The van der Waals surface area contributed by atoms with Crippen LogP contribution in [0.5, 0.6) is 5.75 Å². The minimum absolute atomic E-state index is 0.0351. The summed E-state index contributed by atoms with van der Waals surface area (Å²) in [5.74, 6) is 0.567. The van der Waals surface area contributed by atoms with E-state index in [9.17, 15) is 15.0 Å². The number of nitrogens with zero attached hydrogens (tertiary/aromatic N) is 4. The summed E-state index contributed by atoms with van der Waals surface area (Å²) in [6, 6.07) is 6.64. The molecule has 2 rings (SSSR count). The topological polar surface area (TPSA) is 149 Å². The summed E-state index contributed by atoms with van der Waals surface area (Å²) >= 11 is 0. The smallest absolute Gasteiger partial charge is 0.220 e. The fourth-order valence-electron chi connectivity index (χ4n) is 4.00. The molecule has 1 aliphatic rings. The minimum Gasteiger partial charge on any atom is -0.508 e. The van der Waals surface area contributed by atoms with Gasteiger partial charge in [-0.05, 0) is 62.0 Å². The van der Waals surface area contributed by atoms with Gasteiger partial charge in [0, 0.05) is 30.5 Å². The van der Waals surface area contributed by atoms with Gasteiger partial charge in [0.1, 0.15) is 5.75 Å². The van der Waals surface area contributed by atoms with Crippen molar-refractivity contribution < 1.29 is 29.2 Å². The van der Waals surface area contributed by atoms with Gasteiger partial charge < -0.3 is 29.7 Å². The van der Waals surface area contributed by atoms with Crippen molar-refractivity contribution in [1.82, 2.24) is 10.2 Å². The van der Waals surface area contributed by atoms with Crippen LogP contribution in [0.4, 0.5) is 0 Å². The summed E-state index contributed by atoms with van der Waals surface area (Å²) in [4.78, 5) is 17.1. The monoisotopic (exact) mass is 493 g/mol. The molecule has 35 heavy (non-hydrogen) atoms. The summed E-state index contributed by atoms with van der Waals surface area (Å²) < 4.78 is 16.0. The Bertz CT molecular complexity index is 766. The molecule has 11 heteroatoms. The van der Waals surface area contributed by atoms with E-state index < -0.39 is 6.10 Å². The van der Waals surface area contributed by atoms with E-state index >= 15 is 0 Å². The van der Waals surface area contributed by atoms with Gasteiger partial charge in [0.05, 0.1) is 45.7 Å². The molecule has 0 aliphatic carbocycles. The first-order valence-corrected chi connectivity index (χ1v) is 12.2. The Balaban J connectivity index is 1.47. The van der Waals surface area contributed by atoms with Crippen LogP contribution in [0.25, 0.3) is 10.4 Å². The Morgan fingerprint density at radius 1 is 1.11 bits per heavy atom. The lowest BCUT2D eigenvalue weighted by molar-refractivity contribution is -0.122. The number of benzene rings is 1. The molecule has 11 nitrogen and oxygen atoms in total. The first-order chi connectivity index (χ1) is 17.0. The SMILES string of the molecule is C[C@@H]([C@H](O)c1ccc(O)cc1)N1CCC(CC(=O)NCCOCCOCCOCCN=[N+]=[N-])CC1. The molecule has 0 aromatic heterocycles. The zero-order valence-corrected chi connectivity index (χ0v) is 20.6. The molecule has 1 fully saturated rings. The number of nitrogens with one attached hydrogen (secondary N) is 1. The number of aromatic hydroxyl groups is 1. The quantitative estimate of drug-likeness (QED) is 0.131. The van der Waals surface area contributed by atoms with Gasteiger partial charge >= 0.3 is 0 Å². The van der Waals surface area contributed by atoms with Crippen molar-refractivity contribution in [1.29, 1.82) is 0 Å². The highest BCUT2D eigenvalue weighted by Gasteiger charge is 2.28. The lowest BCUT2D eigenvalue weighted by Gasteiger charge is -2.38. The lowest BCUT2D eigenvalue weighted by Crippen LogP contribution is -2.43. The fourth-order valence-corrected chi connectivity index (χ4v) is 4.00. The Morgan fingerprint density at radius 2 is 1.71 bits per heavy atom. The van der Waals surface area contributed by atoms with Crippen molar-refractivity contribution >= 4 is 5.91 Å². The number of rotatable bonds is 17. The molecule has 1 aromatic carbocycles. The summed E-state index contributed by atoms with van der Waals surface area (Å²) in [6.45, 7) is 7.08. The van der Waals surface area contributed by atoms with Crippen LogP contribution in [0.3, 0.4) is 0 Å². The maximum atomic E-state index is 12.2. The molecule has 1 heterocycles. The number of phenolic OH excluding ortho intramolecular Hbond substituents is 1. The van der Waals surface area contributed by atoms with E-state index in [-0.39, 0.29) is 17.7 Å². The van der Waals surface area contributed by atoms with Gasteiger partial charge in [0.25, 0.3) is 0 Å². The van der Waals surface area contributed by atoms with Crippen LogP contribution < -0.4 is 5.32 Å². The van der Waals surface area contributed by atoms with E-state index in [1.54, 1.807) is 24.3 Å². The number of carbonyl (C=O) groups excluding carboxylic acids is 1. The van der Waals surface area contributed by atoms with Crippen LogP contribution in [0.1, 0.15) is 37.9 Å². The van der Waals surface area contributed by atoms with Crippen LogP contribution >= 0.6 is 0 Å². The van der Waals surface area contributed by atoms with Gasteiger partial charge in [-0.1, -0.05) is 17.2 Å². The molecule has 3 N–H and O–H groups in total. The number of phenols is 1. The third-order valence-electron chi connectivity index (χ3n) is 6.10. The van der Waals surface area contributed by atoms with Crippen molar-refractivity contribution in [2.45, 2.75) is 38.3 Å². The summed E-state index contributed by atoms with van der Waals surface area (Å²) in [5.41, 5.74) is 8.93. The zero-order valence-electron chi connectivity index (χ0n) is 20.6. The normalized spacial score (nSPS) is 16.4. The maximum absolute atomic E-state index is 12.2. The number of hydrogen-bond donors (Lipinski definition) is 3. The number of azide groups is 1. The van der Waals surface area contributed by atoms with Crippen LogP contribution in [0, 0.1) is 5.92 Å². The van der Waals surface area contributed by atoms with Gasteiger partial charge in [0.2, 0.25) is 5.91 Å². The Morgan fingerprint density at radius 3 is 2.34 bits per heavy atom. The average molecular weight is 494 g/mol. The van der Waals surface area contributed by atoms with Gasteiger partial charge in [-0.15, -0.1) is 0 Å². The third-order valence-corrected chi connectivity index (χ3v) is 6.10. The van der Waals surface area contributed by atoms with Gasteiger partial charge in [-0.25, -0.2) is 0 Å². The molecule has 196 valence electrons. The second-order valence-electron chi connectivity index (χ2n) is 8.60. The predicted molar refractivity (Wildman–Crippen MR) is 131 cm³/mol. The molecule has 1 aliphatic heterocycles. The fraction of sp³-hybridized carbons (Fsp3) is 0.708. The van der Waals surface area contributed by atoms with Gasteiger partial charge in [-0.2, -0.15) is 0 Å².